The summed E-state index contributed by atoms with van der Waals surface area (Å²) in [5, 5.41) is 8.89. The average molecular weight is 778 g/mol. The first-order valence-corrected chi connectivity index (χ1v) is 21.4. The van der Waals surface area contributed by atoms with Gasteiger partial charge in [0.2, 0.25) is 0 Å². The summed E-state index contributed by atoms with van der Waals surface area (Å²) in [6, 6.07) is 62.9. The van der Waals surface area contributed by atoms with Gasteiger partial charge in [0.05, 0.1) is 11.4 Å². The van der Waals surface area contributed by atoms with Crippen LogP contribution in [-0.4, -0.2) is 7.28 Å². The second-order valence-electron chi connectivity index (χ2n) is 18.0. The molecule has 1 aromatic heterocycles. The van der Waals surface area contributed by atoms with Gasteiger partial charge in [-0.05, 0) is 103 Å². The lowest BCUT2D eigenvalue weighted by Gasteiger charge is -2.46. The number of nitrogens with one attached hydrogen (secondary N) is 1. The molecule has 3 aliphatic heterocycles. The molecular formula is C57H38BN2O. The highest BCUT2D eigenvalue weighted by Crippen LogP contribution is 2.63. The lowest BCUT2D eigenvalue weighted by Crippen LogP contribution is -2.45. The van der Waals surface area contributed by atoms with Gasteiger partial charge in [0.15, 0.2) is 7.28 Å². The Morgan fingerprint density at radius 1 is 0.541 bits per heavy atom. The van der Waals surface area contributed by atoms with Crippen LogP contribution in [0.2, 0.25) is 0 Å². The Balaban J connectivity index is 1.14. The zero-order chi connectivity index (χ0) is 40.4. The van der Waals surface area contributed by atoms with E-state index in [2.05, 4.69) is 208 Å². The summed E-state index contributed by atoms with van der Waals surface area (Å²) in [7, 11) is 2.46. The van der Waals surface area contributed by atoms with E-state index in [0.717, 1.165) is 44.6 Å². The number of fused-ring (bicyclic) bond motifs is 13. The van der Waals surface area contributed by atoms with E-state index in [-0.39, 0.29) is 5.41 Å². The van der Waals surface area contributed by atoms with Gasteiger partial charge in [0.25, 0.3) is 0 Å². The predicted octanol–water partition coefficient (Wildman–Crippen LogP) is 13.5. The van der Waals surface area contributed by atoms with Crippen LogP contribution in [-0.2, 0) is 10.8 Å². The topological polar surface area (TPSA) is 28.4 Å². The van der Waals surface area contributed by atoms with Gasteiger partial charge in [-0.1, -0.05) is 159 Å². The molecule has 285 valence electrons. The number of para-hydroxylation sites is 2. The van der Waals surface area contributed by atoms with Crippen LogP contribution < -0.4 is 21.1 Å². The fraction of sp³-hybridized carbons (Fsp3) is 0.0877. The monoisotopic (exact) mass is 777 g/mol. The summed E-state index contributed by atoms with van der Waals surface area (Å²) in [5.41, 5.74) is 23.5. The predicted molar refractivity (Wildman–Crippen MR) is 255 cm³/mol. The molecule has 0 amide bonds. The standard InChI is InChI=1S/C57H38BN2O/c1-56(2)41-23-14-24-43-55(41)60(45-30-34-18-8-7-17-33(34)29-42(45)56)46-31-48-49(38-20-10-12-26-47(38)61-48)50(53(46)58-43)39-28-27-35(32-15-5-4-6-16-32)52-54(39)59-44-25-13-21-37-36-19-9-11-22-40(36)57(52,3)51(37)44/h4-31,59H,1-3H3. The third-order valence-electron chi connectivity index (χ3n) is 14.6. The highest BCUT2D eigenvalue weighted by atomic mass is 16.3. The smallest absolute Gasteiger partial charge is 0.197 e. The van der Waals surface area contributed by atoms with Crippen molar-refractivity contribution in [2.24, 2.45) is 0 Å². The van der Waals surface area contributed by atoms with E-state index in [0.29, 0.717) is 0 Å². The van der Waals surface area contributed by atoms with Crippen molar-refractivity contribution in [2.75, 3.05) is 10.2 Å². The van der Waals surface area contributed by atoms with Gasteiger partial charge in [-0.3, -0.25) is 0 Å². The molecule has 1 unspecified atom stereocenters. The van der Waals surface area contributed by atoms with Gasteiger partial charge in [-0.15, -0.1) is 0 Å². The minimum Gasteiger partial charge on any atom is -0.456 e. The summed E-state index contributed by atoms with van der Waals surface area (Å²) in [4.78, 5) is 2.55. The van der Waals surface area contributed by atoms with E-state index in [1.54, 1.807) is 0 Å². The number of benzene rings is 9. The van der Waals surface area contributed by atoms with Crippen LogP contribution in [0.25, 0.3) is 66.1 Å². The second-order valence-corrected chi connectivity index (χ2v) is 18.0. The second kappa shape index (κ2) is 11.5. The molecule has 3 nitrogen and oxygen atoms in total. The molecule has 1 atom stereocenters. The highest BCUT2D eigenvalue weighted by Gasteiger charge is 2.49. The maximum atomic E-state index is 6.96. The molecule has 9 aromatic carbocycles. The van der Waals surface area contributed by atoms with Crippen LogP contribution in [0.1, 0.15) is 48.6 Å². The number of rotatable bonds is 2. The van der Waals surface area contributed by atoms with E-state index >= 15 is 0 Å². The number of hydrogen-bond acceptors (Lipinski definition) is 3. The molecule has 14 rings (SSSR count). The normalized spacial score (nSPS) is 16.9. The molecule has 0 saturated carbocycles. The van der Waals surface area contributed by atoms with Crippen LogP contribution in [0.4, 0.5) is 28.4 Å². The number of furan rings is 1. The van der Waals surface area contributed by atoms with Gasteiger partial charge in [-0.2, -0.15) is 0 Å². The van der Waals surface area contributed by atoms with Gasteiger partial charge >= 0.3 is 0 Å². The van der Waals surface area contributed by atoms with E-state index < -0.39 is 5.41 Å². The van der Waals surface area contributed by atoms with Crippen LogP contribution in [0.3, 0.4) is 0 Å². The Hall–Kier alpha value is -7.30. The lowest BCUT2D eigenvalue weighted by molar-refractivity contribution is 0.633. The Bertz CT molecular complexity index is 3600. The molecule has 0 spiro atoms. The number of anilines is 5. The fourth-order valence-corrected chi connectivity index (χ4v) is 11.9. The molecule has 0 saturated heterocycles. The Labute approximate surface area is 355 Å². The molecule has 4 aliphatic rings. The number of nitrogens with zero attached hydrogens (tertiary/aromatic N) is 1. The van der Waals surface area contributed by atoms with Gasteiger partial charge in [0, 0.05) is 50.3 Å². The van der Waals surface area contributed by atoms with Gasteiger partial charge in [-0.25, -0.2) is 0 Å². The van der Waals surface area contributed by atoms with Crippen LogP contribution in [0.15, 0.2) is 174 Å². The molecule has 1 radical (unpaired) electrons. The Kier molecular flexibility index (Phi) is 6.32. The van der Waals surface area contributed by atoms with E-state index in [9.17, 15) is 0 Å². The molecule has 61 heavy (non-hydrogen) atoms. The molecule has 4 heterocycles. The molecule has 10 aromatic rings. The summed E-state index contributed by atoms with van der Waals surface area (Å²) in [5.74, 6) is 0. The minimum atomic E-state index is -0.416. The summed E-state index contributed by atoms with van der Waals surface area (Å²) < 4.78 is 6.96. The van der Waals surface area contributed by atoms with E-state index in [1.807, 2.05) is 0 Å². The maximum absolute atomic E-state index is 6.96. The van der Waals surface area contributed by atoms with Crippen molar-refractivity contribution in [1.82, 2.24) is 0 Å². The molecule has 4 heteroatoms. The number of hydrogen-bond donors (Lipinski definition) is 1. The molecule has 0 bridgehead atoms. The first-order valence-electron chi connectivity index (χ1n) is 21.4. The van der Waals surface area contributed by atoms with Gasteiger partial charge < -0.3 is 14.6 Å². The SMILES string of the molecule is CC1(C)c2cc3ccccc3cc2N2c3cc4oc5ccccc5c4c(-c4ccc(-c5ccccc5)c5c4Nc4cccc6c4C5(C)c4ccccc4-6)c3[B]c3cccc1c32. The van der Waals surface area contributed by atoms with Gasteiger partial charge in [0.1, 0.15) is 11.2 Å². The summed E-state index contributed by atoms with van der Waals surface area (Å²) >= 11 is 0. The highest BCUT2D eigenvalue weighted by molar-refractivity contribution is 6.74. The van der Waals surface area contributed by atoms with Crippen molar-refractivity contribution in [3.8, 4) is 33.4 Å². The van der Waals surface area contributed by atoms with Crippen molar-refractivity contribution >= 4 is 79.4 Å². The van der Waals surface area contributed by atoms with Crippen molar-refractivity contribution < 1.29 is 4.42 Å². The zero-order valence-electron chi connectivity index (χ0n) is 34.1. The Morgan fingerprint density at radius 3 is 2.15 bits per heavy atom. The van der Waals surface area contributed by atoms with Crippen molar-refractivity contribution in [3.05, 3.63) is 198 Å². The maximum Gasteiger partial charge on any atom is 0.197 e. The molecular weight excluding hydrogens is 739 g/mol. The molecule has 0 fully saturated rings. The largest absolute Gasteiger partial charge is 0.456 e. The zero-order valence-corrected chi connectivity index (χ0v) is 34.1. The van der Waals surface area contributed by atoms with Crippen LogP contribution in [0.5, 0.6) is 0 Å². The third-order valence-corrected chi connectivity index (χ3v) is 14.6. The molecule has 1 aliphatic carbocycles. The van der Waals surface area contributed by atoms with E-state index in [1.165, 1.54) is 88.7 Å². The average Bonchev–Trinajstić information content (AvgIpc) is 3.80. The van der Waals surface area contributed by atoms with Crippen molar-refractivity contribution in [1.29, 1.82) is 0 Å². The van der Waals surface area contributed by atoms with E-state index in [4.69, 9.17) is 4.42 Å². The van der Waals surface area contributed by atoms with Crippen LogP contribution >= 0.6 is 0 Å². The minimum absolute atomic E-state index is 0.214. The lowest BCUT2D eigenvalue weighted by atomic mass is 9.55. The summed E-state index contributed by atoms with van der Waals surface area (Å²) in [6.07, 6.45) is 0. The fourth-order valence-electron chi connectivity index (χ4n) is 11.9. The van der Waals surface area contributed by atoms with Crippen LogP contribution in [0, 0.1) is 0 Å². The Morgan fingerprint density at radius 2 is 1.26 bits per heavy atom. The van der Waals surface area contributed by atoms with Crippen molar-refractivity contribution in [3.63, 3.8) is 0 Å². The quantitative estimate of drug-likeness (QED) is 0.177. The molecule has 1 N–H and O–H groups in total. The summed E-state index contributed by atoms with van der Waals surface area (Å²) in [6.45, 7) is 7.23. The first kappa shape index (κ1) is 33.5. The third kappa shape index (κ3) is 4.15. The first-order chi connectivity index (χ1) is 29.9. The van der Waals surface area contributed by atoms with Crippen molar-refractivity contribution in [2.45, 2.75) is 31.6 Å².